The number of benzene rings is 1. The fraction of sp³-hybridized carbons (Fsp3) is 0.353. The topological polar surface area (TPSA) is 61.4 Å². The molecule has 10 heteroatoms. The molecule has 2 aromatic rings. The predicted molar refractivity (Wildman–Crippen MR) is 95.2 cm³/mol. The van der Waals surface area contributed by atoms with Crippen LogP contribution in [0.4, 0.5) is 24.8 Å². The predicted octanol–water partition coefficient (Wildman–Crippen LogP) is 3.28. The van der Waals surface area contributed by atoms with Crippen LogP contribution in [0.25, 0.3) is 0 Å². The van der Waals surface area contributed by atoms with Gasteiger partial charge in [-0.2, -0.15) is 13.2 Å². The maximum atomic E-state index is 13.5. The van der Waals surface area contributed by atoms with Crippen LogP contribution in [0, 0.1) is 0 Å². The van der Waals surface area contributed by atoms with Gasteiger partial charge in [-0.25, -0.2) is 9.97 Å². The number of nitrogens with zero attached hydrogens (tertiary/aromatic N) is 4. The van der Waals surface area contributed by atoms with Gasteiger partial charge in [-0.1, -0.05) is 17.7 Å². The maximum absolute atomic E-state index is 13.5. The molecule has 0 aliphatic carbocycles. The molecule has 0 saturated carbocycles. The van der Waals surface area contributed by atoms with Gasteiger partial charge < -0.3 is 15.1 Å². The molecular weight excluding hydrogens is 383 g/mol. The molecule has 1 amide bonds. The summed E-state index contributed by atoms with van der Waals surface area (Å²) in [6.07, 6.45) is -3.87. The minimum absolute atomic E-state index is 0.264. The van der Waals surface area contributed by atoms with Crippen molar-refractivity contribution in [1.82, 2.24) is 19.8 Å². The molecule has 1 aromatic carbocycles. The molecule has 1 saturated heterocycles. The summed E-state index contributed by atoms with van der Waals surface area (Å²) in [5.41, 5.74) is -1.37. The second-order valence-electron chi connectivity index (χ2n) is 6.18. The summed E-state index contributed by atoms with van der Waals surface area (Å²) in [7, 11) is 1.89. The fourth-order valence-electron chi connectivity index (χ4n) is 2.69. The summed E-state index contributed by atoms with van der Waals surface area (Å²) in [5, 5.41) is 3.09. The number of hydrogen-bond donors (Lipinski definition) is 1. The van der Waals surface area contributed by atoms with Crippen LogP contribution in [0.15, 0.2) is 30.5 Å². The van der Waals surface area contributed by atoms with E-state index in [1.807, 2.05) is 11.9 Å². The summed E-state index contributed by atoms with van der Waals surface area (Å²) in [6, 6.07) is 6.42. The molecule has 1 N–H and O–H groups in total. The largest absolute Gasteiger partial charge is 0.434 e. The Kier molecular flexibility index (Phi) is 5.52. The number of halogens is 4. The van der Waals surface area contributed by atoms with Gasteiger partial charge >= 0.3 is 6.18 Å². The standard InChI is InChI=1S/C17H17ClF3N5O/c1-25-5-7-26(8-6-25)15(27)13-10-22-16(24-14(13)17(19,20)21)23-12-4-2-3-11(18)9-12/h2-4,9-10H,5-8H2,1H3,(H,22,23,24). The van der Waals surface area contributed by atoms with Crippen LogP contribution in [0.5, 0.6) is 0 Å². The smallest absolute Gasteiger partial charge is 0.336 e. The Bertz CT molecular complexity index is 838. The highest BCUT2D eigenvalue weighted by Crippen LogP contribution is 2.32. The number of anilines is 2. The van der Waals surface area contributed by atoms with Crippen LogP contribution < -0.4 is 5.32 Å². The number of likely N-dealkylation sites (N-methyl/N-ethyl adjacent to an activating group) is 1. The quantitative estimate of drug-likeness (QED) is 0.858. The van der Waals surface area contributed by atoms with Crippen LogP contribution in [0.3, 0.4) is 0 Å². The normalized spacial score (nSPS) is 15.7. The van der Waals surface area contributed by atoms with Crippen molar-refractivity contribution >= 4 is 29.1 Å². The summed E-state index contributed by atoms with van der Waals surface area (Å²) in [4.78, 5) is 23.4. The van der Waals surface area contributed by atoms with Gasteiger partial charge in [0.2, 0.25) is 5.95 Å². The molecule has 3 rings (SSSR count). The van der Waals surface area contributed by atoms with Gasteiger partial charge in [0.15, 0.2) is 5.69 Å². The van der Waals surface area contributed by atoms with Crippen LogP contribution >= 0.6 is 11.6 Å². The lowest BCUT2D eigenvalue weighted by molar-refractivity contribution is -0.141. The van der Waals surface area contributed by atoms with E-state index in [4.69, 9.17) is 11.6 Å². The molecule has 1 aromatic heterocycles. The molecule has 0 atom stereocenters. The molecule has 1 fully saturated rings. The molecular formula is C17H17ClF3N5O. The van der Waals surface area contributed by atoms with Crippen molar-refractivity contribution in [2.45, 2.75) is 6.18 Å². The van der Waals surface area contributed by atoms with Crippen molar-refractivity contribution in [2.75, 3.05) is 38.5 Å². The molecule has 6 nitrogen and oxygen atoms in total. The van der Waals surface area contributed by atoms with Crippen molar-refractivity contribution in [3.8, 4) is 0 Å². The first-order chi connectivity index (χ1) is 12.7. The lowest BCUT2D eigenvalue weighted by Crippen LogP contribution is -2.47. The lowest BCUT2D eigenvalue weighted by atomic mass is 10.1. The highest BCUT2D eigenvalue weighted by Gasteiger charge is 2.39. The zero-order valence-corrected chi connectivity index (χ0v) is 15.2. The molecule has 2 heterocycles. The second-order valence-corrected chi connectivity index (χ2v) is 6.62. The summed E-state index contributed by atoms with van der Waals surface area (Å²) in [5.74, 6) is -0.982. The number of amides is 1. The average molecular weight is 400 g/mol. The Balaban J connectivity index is 1.89. The molecule has 27 heavy (non-hydrogen) atoms. The third-order valence-electron chi connectivity index (χ3n) is 4.16. The molecule has 1 aliphatic rings. The van der Waals surface area contributed by atoms with Crippen molar-refractivity contribution in [3.05, 3.63) is 46.7 Å². The van der Waals surface area contributed by atoms with Crippen LogP contribution in [-0.2, 0) is 6.18 Å². The Morgan fingerprint density at radius 2 is 1.93 bits per heavy atom. The Hall–Kier alpha value is -2.39. The van der Waals surface area contributed by atoms with Crippen molar-refractivity contribution < 1.29 is 18.0 Å². The lowest BCUT2D eigenvalue weighted by Gasteiger charge is -2.32. The van der Waals surface area contributed by atoms with Gasteiger partial charge in [-0.3, -0.25) is 4.79 Å². The summed E-state index contributed by atoms with van der Waals surface area (Å²) < 4.78 is 40.5. The second kappa shape index (κ2) is 7.69. The minimum Gasteiger partial charge on any atom is -0.336 e. The number of aromatic nitrogens is 2. The van der Waals surface area contributed by atoms with Gasteiger partial charge in [0.1, 0.15) is 0 Å². The zero-order chi connectivity index (χ0) is 19.6. The van der Waals surface area contributed by atoms with E-state index in [2.05, 4.69) is 15.3 Å². The summed E-state index contributed by atoms with van der Waals surface area (Å²) >= 11 is 5.86. The minimum atomic E-state index is -4.79. The Morgan fingerprint density at radius 3 is 2.56 bits per heavy atom. The number of piperazine rings is 1. The summed E-state index contributed by atoms with van der Waals surface area (Å²) in [6.45, 7) is 1.91. The maximum Gasteiger partial charge on any atom is 0.434 e. The molecule has 0 bridgehead atoms. The average Bonchev–Trinajstić information content (AvgIpc) is 2.61. The molecule has 0 radical (unpaired) electrons. The number of carbonyl (C=O) groups is 1. The van der Waals surface area contributed by atoms with Crippen LogP contribution in [0.1, 0.15) is 16.1 Å². The number of rotatable bonds is 3. The van der Waals surface area contributed by atoms with Crippen molar-refractivity contribution in [2.24, 2.45) is 0 Å². The number of alkyl halides is 3. The van der Waals surface area contributed by atoms with Crippen LogP contribution in [-0.4, -0.2) is 58.9 Å². The molecule has 0 unspecified atom stereocenters. The van der Waals surface area contributed by atoms with Gasteiger partial charge in [0.25, 0.3) is 5.91 Å². The zero-order valence-electron chi connectivity index (χ0n) is 14.4. The van der Waals surface area contributed by atoms with Gasteiger partial charge in [0.05, 0.1) is 5.56 Å². The third kappa shape index (κ3) is 4.67. The van der Waals surface area contributed by atoms with Gasteiger partial charge in [-0.15, -0.1) is 0 Å². The van der Waals surface area contributed by atoms with Gasteiger partial charge in [-0.05, 0) is 25.2 Å². The molecule has 144 valence electrons. The first-order valence-corrected chi connectivity index (χ1v) is 8.56. The van der Waals surface area contributed by atoms with E-state index >= 15 is 0 Å². The molecule has 1 aliphatic heterocycles. The van der Waals surface area contributed by atoms with E-state index in [0.29, 0.717) is 36.9 Å². The van der Waals surface area contributed by atoms with Crippen LogP contribution in [0.2, 0.25) is 5.02 Å². The highest BCUT2D eigenvalue weighted by atomic mass is 35.5. The third-order valence-corrected chi connectivity index (χ3v) is 4.39. The monoisotopic (exact) mass is 399 g/mol. The SMILES string of the molecule is CN1CCN(C(=O)c2cnc(Nc3cccc(Cl)c3)nc2C(F)(F)F)CC1. The fourth-order valence-corrected chi connectivity index (χ4v) is 2.88. The number of carbonyl (C=O) groups excluding carboxylic acids is 1. The van der Waals surface area contributed by atoms with E-state index in [1.54, 1.807) is 18.2 Å². The molecule has 0 spiro atoms. The first-order valence-electron chi connectivity index (χ1n) is 8.18. The number of hydrogen-bond acceptors (Lipinski definition) is 5. The van der Waals surface area contributed by atoms with E-state index in [0.717, 1.165) is 6.20 Å². The highest BCUT2D eigenvalue weighted by molar-refractivity contribution is 6.30. The Labute approximate surface area is 159 Å². The van der Waals surface area contributed by atoms with E-state index in [-0.39, 0.29) is 5.95 Å². The van der Waals surface area contributed by atoms with E-state index in [1.165, 1.54) is 11.0 Å². The van der Waals surface area contributed by atoms with E-state index in [9.17, 15) is 18.0 Å². The van der Waals surface area contributed by atoms with E-state index < -0.39 is 23.3 Å². The van der Waals surface area contributed by atoms with Crippen molar-refractivity contribution in [1.29, 1.82) is 0 Å². The Morgan fingerprint density at radius 1 is 1.22 bits per heavy atom. The number of nitrogens with one attached hydrogen (secondary N) is 1. The first kappa shape index (κ1) is 19.4. The van der Waals surface area contributed by atoms with Gasteiger partial charge in [0, 0.05) is 43.1 Å². The van der Waals surface area contributed by atoms with Crippen molar-refractivity contribution in [3.63, 3.8) is 0 Å².